The Balaban J connectivity index is 1.24. The van der Waals surface area contributed by atoms with Crippen LogP contribution >= 0.6 is 18.7 Å². The zero-order valence-electron chi connectivity index (χ0n) is 34.6. The van der Waals surface area contributed by atoms with Crippen LogP contribution in [-0.4, -0.2) is 74.2 Å². The molecule has 0 bridgehead atoms. The molecule has 1 saturated heterocycles. The van der Waals surface area contributed by atoms with Gasteiger partial charge in [0, 0.05) is 60.5 Å². The molecule has 11 nitrogen and oxygen atoms in total. The Kier molecular flexibility index (Phi) is 13.4. The first-order valence-electron chi connectivity index (χ1n) is 21.1. The van der Waals surface area contributed by atoms with Crippen LogP contribution in [0.25, 0.3) is 22.3 Å². The monoisotopic (exact) mass is 840 g/mol. The average Bonchev–Trinajstić information content (AvgIpc) is 3.48. The van der Waals surface area contributed by atoms with Crippen LogP contribution in [0.3, 0.4) is 0 Å². The fourth-order valence-corrected chi connectivity index (χ4v) is 12.2. The summed E-state index contributed by atoms with van der Waals surface area (Å²) in [6, 6.07) is 16.0. The molecule has 4 aromatic rings. The van der Waals surface area contributed by atoms with Crippen molar-refractivity contribution in [2.75, 3.05) is 19.0 Å². The molecule has 2 fully saturated rings. The Labute approximate surface area is 351 Å². The van der Waals surface area contributed by atoms with Crippen LogP contribution in [-0.2, 0) is 25.1 Å². The topological polar surface area (TPSA) is 148 Å². The number of thiazole rings is 1. The van der Waals surface area contributed by atoms with Crippen LogP contribution in [0.5, 0.6) is 11.5 Å². The molecule has 2 aromatic carbocycles. The number of hydrogen-bond acceptors (Lipinski definition) is 10. The van der Waals surface area contributed by atoms with E-state index in [-0.39, 0.29) is 61.4 Å². The second kappa shape index (κ2) is 18.5. The fourth-order valence-electron chi connectivity index (χ4n) is 8.85. The number of allylic oxidation sites excluding steroid dienone is 2. The smallest absolute Gasteiger partial charge is 0.226 e. The zero-order chi connectivity index (χ0) is 41.7. The maximum absolute atomic E-state index is 14.8. The Morgan fingerprint density at radius 1 is 1.08 bits per heavy atom. The summed E-state index contributed by atoms with van der Waals surface area (Å²) >= 11 is 1.49. The lowest BCUT2D eigenvalue weighted by molar-refractivity contribution is -0.142. The van der Waals surface area contributed by atoms with Crippen molar-refractivity contribution in [2.45, 2.75) is 121 Å². The molecular formula is C46H57N4O7PS. The molecule has 1 saturated carbocycles. The van der Waals surface area contributed by atoms with Gasteiger partial charge in [0.15, 0.2) is 10.9 Å². The molecule has 2 aromatic heterocycles. The van der Waals surface area contributed by atoms with Gasteiger partial charge in [-0.25, -0.2) is 9.97 Å². The zero-order valence-corrected chi connectivity index (χ0v) is 36.3. The van der Waals surface area contributed by atoms with Gasteiger partial charge < -0.3 is 24.6 Å². The van der Waals surface area contributed by atoms with E-state index in [1.54, 1.807) is 12.0 Å². The van der Waals surface area contributed by atoms with Gasteiger partial charge in [0.25, 0.3) is 0 Å². The number of amides is 1. The standard InChI is InChI=1S/C46H57N4O7PS/c1-5-14-34(51)21-32-17-12-7-6-8-13-18-33-25-46(33,58(54,55)28-31-15-10-9-11-16-31)26-42(52)41-23-36(27-50(41)44(32)53)57-43-24-39(40-29-59-45(49-40)47-30(2)3)48-38-22-35(56-4)19-20-37(38)43/h9-11,13,15-16,18-20,22,24,29-30,32-33,36,41H,5-8,12,14,17,21,23,25-28H2,1-4H3,(H,47,49)(H,54,55)/b18-13-/t32?,33-,36-,41+,46-/m1/s1. The number of fused-ring (bicyclic) bond motifs is 3. The first-order valence-corrected chi connectivity index (χ1v) is 23.9. The maximum Gasteiger partial charge on any atom is 0.226 e. The fraction of sp³-hybridized carbons (Fsp3) is 0.500. The molecule has 7 rings (SSSR count). The van der Waals surface area contributed by atoms with Crippen molar-refractivity contribution in [1.82, 2.24) is 14.9 Å². The SMILES string of the molecule is CCCC(=O)CC1CCCCC/C=C\[C@@H]2C[C@@]2(P(=O)(O)Cc2ccccc2)CC(=O)[C@@H]2C[C@@H](Oc3cc(-c4csc(NC(C)C)n4)nc4cc(OC)ccc34)CN2C1=O. The summed E-state index contributed by atoms with van der Waals surface area (Å²) in [6.07, 6.45) is 9.23. The number of pyridine rings is 1. The molecule has 13 heteroatoms. The first-order chi connectivity index (χ1) is 28.4. The van der Waals surface area contributed by atoms with E-state index < -0.39 is 30.6 Å². The van der Waals surface area contributed by atoms with E-state index in [0.717, 1.165) is 41.8 Å². The summed E-state index contributed by atoms with van der Waals surface area (Å²) < 4.78 is 26.9. The molecule has 314 valence electrons. The van der Waals surface area contributed by atoms with Crippen LogP contribution in [0.15, 0.2) is 72.1 Å². The number of Topliss-reactive ketones (excluding diaryl/α,β-unsaturated/α-hetero) is 2. The van der Waals surface area contributed by atoms with Crippen molar-refractivity contribution in [1.29, 1.82) is 0 Å². The van der Waals surface area contributed by atoms with Gasteiger partial charge in [0.1, 0.15) is 29.1 Å². The summed E-state index contributed by atoms with van der Waals surface area (Å²) in [5.41, 5.74) is 2.68. The molecule has 2 aliphatic heterocycles. The van der Waals surface area contributed by atoms with E-state index in [2.05, 4.69) is 25.2 Å². The highest BCUT2D eigenvalue weighted by Gasteiger charge is 2.65. The molecule has 2 unspecified atom stereocenters. The highest BCUT2D eigenvalue weighted by molar-refractivity contribution is 7.59. The number of methoxy groups -OCH3 is 1. The molecule has 0 radical (unpaired) electrons. The number of carbonyl (C=O) groups excluding carboxylic acids is 3. The van der Waals surface area contributed by atoms with Crippen LogP contribution < -0.4 is 14.8 Å². The summed E-state index contributed by atoms with van der Waals surface area (Å²) in [5, 5.41) is 5.69. The van der Waals surface area contributed by atoms with Crippen molar-refractivity contribution in [2.24, 2.45) is 11.8 Å². The van der Waals surface area contributed by atoms with Crippen molar-refractivity contribution in [3.8, 4) is 22.9 Å². The molecule has 3 aliphatic rings. The second-order valence-corrected chi connectivity index (χ2v) is 20.3. The quantitative estimate of drug-likeness (QED) is 0.0985. The van der Waals surface area contributed by atoms with Gasteiger partial charge in [-0.2, -0.15) is 0 Å². The number of rotatable bonds is 13. The third-order valence-corrected chi connectivity index (χ3v) is 15.7. The van der Waals surface area contributed by atoms with Crippen molar-refractivity contribution < 1.29 is 33.3 Å². The van der Waals surface area contributed by atoms with E-state index in [0.29, 0.717) is 54.1 Å². The lowest BCUT2D eigenvalue weighted by Crippen LogP contribution is -2.45. The summed E-state index contributed by atoms with van der Waals surface area (Å²) in [4.78, 5) is 66.0. The predicted molar refractivity (Wildman–Crippen MR) is 233 cm³/mol. The molecule has 6 atom stereocenters. The van der Waals surface area contributed by atoms with Gasteiger partial charge in [-0.05, 0) is 69.6 Å². The predicted octanol–water partition coefficient (Wildman–Crippen LogP) is 9.62. The van der Waals surface area contributed by atoms with Gasteiger partial charge in [0.2, 0.25) is 13.3 Å². The lowest BCUT2D eigenvalue weighted by Gasteiger charge is -2.30. The summed E-state index contributed by atoms with van der Waals surface area (Å²) in [7, 11) is -2.31. The van der Waals surface area contributed by atoms with Crippen LogP contribution in [0, 0.1) is 11.8 Å². The molecule has 1 aliphatic carbocycles. The van der Waals surface area contributed by atoms with E-state index in [1.807, 2.05) is 73.0 Å². The largest absolute Gasteiger partial charge is 0.497 e. The number of carbonyl (C=O) groups is 3. The Morgan fingerprint density at radius 2 is 1.90 bits per heavy atom. The molecule has 4 heterocycles. The Morgan fingerprint density at radius 3 is 2.66 bits per heavy atom. The van der Waals surface area contributed by atoms with Crippen LogP contribution in [0.1, 0.15) is 97.0 Å². The molecule has 0 spiro atoms. The first kappa shape index (κ1) is 42.7. The van der Waals surface area contributed by atoms with Crippen molar-refractivity contribution >= 4 is 52.2 Å². The molecular weight excluding hydrogens is 784 g/mol. The van der Waals surface area contributed by atoms with Gasteiger partial charge in [0.05, 0.1) is 42.2 Å². The average molecular weight is 841 g/mol. The number of hydrogen-bond donors (Lipinski definition) is 2. The minimum Gasteiger partial charge on any atom is -0.497 e. The van der Waals surface area contributed by atoms with Gasteiger partial charge in [-0.15, -0.1) is 11.3 Å². The lowest BCUT2D eigenvalue weighted by atomic mass is 9.92. The number of anilines is 1. The molecule has 1 amide bonds. The summed E-state index contributed by atoms with van der Waals surface area (Å²) in [5.74, 6) is -0.0234. The van der Waals surface area contributed by atoms with E-state index >= 15 is 0 Å². The van der Waals surface area contributed by atoms with E-state index in [9.17, 15) is 23.8 Å². The number of ketones is 2. The van der Waals surface area contributed by atoms with Gasteiger partial charge in [-0.1, -0.05) is 62.2 Å². The van der Waals surface area contributed by atoms with Crippen molar-refractivity contribution in [3.63, 3.8) is 0 Å². The number of nitrogens with one attached hydrogen (secondary N) is 1. The minimum atomic E-state index is -3.91. The maximum atomic E-state index is 14.8. The molecule has 59 heavy (non-hydrogen) atoms. The number of benzene rings is 2. The Hall–Kier alpha value is -4.38. The summed E-state index contributed by atoms with van der Waals surface area (Å²) in [6.45, 7) is 6.20. The van der Waals surface area contributed by atoms with E-state index in [4.69, 9.17) is 19.4 Å². The van der Waals surface area contributed by atoms with Gasteiger partial charge >= 0.3 is 0 Å². The third-order valence-electron chi connectivity index (χ3n) is 12.0. The number of aromatic nitrogens is 2. The highest BCUT2D eigenvalue weighted by Crippen LogP contribution is 2.74. The minimum absolute atomic E-state index is 0.0254. The highest BCUT2D eigenvalue weighted by atomic mass is 32.1. The van der Waals surface area contributed by atoms with E-state index in [1.165, 1.54) is 11.3 Å². The van der Waals surface area contributed by atoms with Crippen LogP contribution in [0.2, 0.25) is 0 Å². The van der Waals surface area contributed by atoms with Crippen LogP contribution in [0.4, 0.5) is 5.13 Å². The van der Waals surface area contributed by atoms with Gasteiger partial charge in [-0.3, -0.25) is 18.9 Å². The number of ether oxygens (including phenoxy) is 2. The molecule has 2 N–H and O–H groups in total. The third kappa shape index (κ3) is 9.82. The number of nitrogens with zero attached hydrogens (tertiary/aromatic N) is 3. The van der Waals surface area contributed by atoms with Crippen molar-refractivity contribution in [3.05, 3.63) is 77.7 Å². The Bertz CT molecular complexity index is 2230. The second-order valence-electron chi connectivity index (χ2n) is 16.9. The normalized spacial score (nSPS) is 25.4.